The van der Waals surface area contributed by atoms with Gasteiger partial charge in [0.15, 0.2) is 0 Å². The number of hydrogen-bond donors (Lipinski definition) is 0. The van der Waals surface area contributed by atoms with Crippen molar-refractivity contribution < 1.29 is 0 Å². The van der Waals surface area contributed by atoms with Gasteiger partial charge in [-0.3, -0.25) is 0 Å². The topological polar surface area (TPSA) is 0 Å². The highest BCUT2D eigenvalue weighted by Crippen LogP contribution is 2.08. The molecule has 50 valence electrons. The van der Waals surface area contributed by atoms with Crippen LogP contribution in [0.15, 0.2) is 0 Å². The molecule has 0 spiro atoms. The van der Waals surface area contributed by atoms with E-state index in [4.69, 9.17) is 0 Å². The molecule has 0 nitrogen and oxygen atoms in total. The zero-order valence-corrected chi connectivity index (χ0v) is 14.8. The summed E-state index contributed by atoms with van der Waals surface area (Å²) in [5.74, 6) is 0. The van der Waals surface area contributed by atoms with Crippen molar-refractivity contribution in [2.24, 2.45) is 0 Å². The fraction of sp³-hybridized carbons (Fsp3) is 0. The Bertz CT molecular complexity index is 22.0. The highest BCUT2D eigenvalue weighted by Gasteiger charge is 1.84. The molecule has 0 atom stereocenters. The molecule has 0 saturated carbocycles. The van der Waals surface area contributed by atoms with Gasteiger partial charge < -0.3 is 0 Å². The Balaban J connectivity index is 0. The Kier molecular flexibility index (Phi) is 17.9. The summed E-state index contributed by atoms with van der Waals surface area (Å²) in [6, 6.07) is 0. The maximum absolute atomic E-state index is 3.21. The van der Waals surface area contributed by atoms with Crippen LogP contribution in [0.5, 0.6) is 0 Å². The third kappa shape index (κ3) is 58.6. The van der Waals surface area contributed by atoms with Crippen LogP contribution in [-0.2, 0) is 0 Å². The van der Waals surface area contributed by atoms with Crippen LogP contribution in [0.1, 0.15) is 0 Å². The molecule has 0 aliphatic heterocycles. The molecule has 0 rings (SSSR count). The molecule has 0 aliphatic rings. The standard InChI is InChI=1S/2Br3Si/c2*1-4(2)3. The molecule has 0 fully saturated rings. The predicted octanol–water partition coefficient (Wildman–Crippen LogP) is 4.31. The summed E-state index contributed by atoms with van der Waals surface area (Å²) in [7, 11) is 0. The molecule has 0 aromatic heterocycles. The Morgan fingerprint density at radius 3 is 0.500 bits per heavy atom. The van der Waals surface area contributed by atoms with E-state index in [1.165, 1.54) is 0 Å². The van der Waals surface area contributed by atoms with Crippen molar-refractivity contribution in [2.75, 3.05) is 0 Å². The average molecular weight is 536 g/mol. The van der Waals surface area contributed by atoms with E-state index in [2.05, 4.69) is 91.8 Å². The van der Waals surface area contributed by atoms with Crippen molar-refractivity contribution in [1.82, 2.24) is 0 Å². The highest BCUT2D eigenvalue weighted by molar-refractivity contribution is 9.69. The molecule has 0 saturated heterocycles. The Labute approximate surface area is 99.2 Å². The van der Waals surface area contributed by atoms with Gasteiger partial charge in [0.05, 0.1) is 0 Å². The van der Waals surface area contributed by atoms with E-state index in [0.717, 1.165) is 0 Å². The average Bonchev–Trinajstić information content (AvgIpc) is 1.25. The van der Waals surface area contributed by atoms with Crippen molar-refractivity contribution in [3.8, 4) is 0 Å². The SMILES string of the molecule is Br[Si](Br)Br.Br[Si](Br)Br. The lowest BCUT2D eigenvalue weighted by molar-refractivity contribution is 4.99. The van der Waals surface area contributed by atoms with Gasteiger partial charge in [-0.15, -0.1) is 0 Å². The lowest BCUT2D eigenvalue weighted by atomic mass is 28.0. The van der Waals surface area contributed by atoms with Gasteiger partial charge in [0, 0.05) is 0 Å². The molecule has 2 radical (unpaired) electrons. The van der Waals surface area contributed by atoms with Crippen molar-refractivity contribution >= 4 is 101 Å². The molecular formula is Br6Si2. The summed E-state index contributed by atoms with van der Waals surface area (Å²) in [4.78, 5) is 0. The van der Waals surface area contributed by atoms with Crippen LogP contribution in [-0.4, -0.2) is 9.31 Å². The number of rotatable bonds is 0. The van der Waals surface area contributed by atoms with E-state index in [1.807, 2.05) is 0 Å². The van der Waals surface area contributed by atoms with Crippen LogP contribution in [0.25, 0.3) is 0 Å². The summed E-state index contributed by atoms with van der Waals surface area (Å²) in [5.41, 5.74) is 0. The van der Waals surface area contributed by atoms with Crippen LogP contribution in [0, 0.1) is 0 Å². The zero-order chi connectivity index (χ0) is 7.15. The largest absolute Gasteiger partial charge is 0.290 e. The van der Waals surface area contributed by atoms with E-state index < -0.39 is 9.31 Å². The third-order valence-electron chi connectivity index (χ3n) is 0. The summed E-state index contributed by atoms with van der Waals surface area (Å²) in [6.07, 6.45) is 0. The van der Waals surface area contributed by atoms with Crippen LogP contribution in [0.3, 0.4) is 0 Å². The van der Waals surface area contributed by atoms with Gasteiger partial charge in [0.1, 0.15) is 0 Å². The summed E-state index contributed by atoms with van der Waals surface area (Å²) >= 11 is 19.2. The molecule has 0 aliphatic carbocycles. The van der Waals surface area contributed by atoms with Crippen LogP contribution in [0.2, 0.25) is 0 Å². The summed E-state index contributed by atoms with van der Waals surface area (Å²) < 4.78 is -0.884. The second-order valence-electron chi connectivity index (χ2n) is 0.429. The van der Waals surface area contributed by atoms with Gasteiger partial charge in [0.2, 0.25) is 0 Å². The van der Waals surface area contributed by atoms with Crippen molar-refractivity contribution in [1.29, 1.82) is 0 Å². The van der Waals surface area contributed by atoms with E-state index >= 15 is 0 Å². The van der Waals surface area contributed by atoms with Gasteiger partial charge in [-0.05, 0) is 0 Å². The lowest BCUT2D eigenvalue weighted by Gasteiger charge is -1.65. The molecule has 0 aromatic rings. The molecule has 8 heteroatoms. The zero-order valence-electron chi connectivity index (χ0n) is 3.27. The van der Waals surface area contributed by atoms with Crippen molar-refractivity contribution in [3.63, 3.8) is 0 Å². The molecule has 0 bridgehead atoms. The first-order valence-electron chi connectivity index (χ1n) is 1.13. The Morgan fingerprint density at radius 2 is 0.500 bits per heavy atom. The van der Waals surface area contributed by atoms with Crippen LogP contribution >= 0.6 is 91.8 Å². The van der Waals surface area contributed by atoms with Gasteiger partial charge >= 0.3 is 0 Å². The minimum atomic E-state index is -0.442. The minimum Gasteiger partial charge on any atom is -0.0967 e. The fourth-order valence-electron chi connectivity index (χ4n) is 0. The maximum atomic E-state index is 3.21. The fourth-order valence-corrected chi connectivity index (χ4v) is 0. The van der Waals surface area contributed by atoms with Gasteiger partial charge in [-0.2, -0.15) is 0 Å². The smallest absolute Gasteiger partial charge is 0.0967 e. The second-order valence-corrected chi connectivity index (χ2v) is 34.7. The molecular weight excluding hydrogens is 536 g/mol. The first-order chi connectivity index (χ1) is 3.46. The number of halogens is 6. The molecule has 0 amide bonds. The van der Waals surface area contributed by atoms with Crippen LogP contribution < -0.4 is 0 Å². The van der Waals surface area contributed by atoms with Crippen molar-refractivity contribution in [2.45, 2.75) is 0 Å². The Hall–Kier alpha value is 3.31. The van der Waals surface area contributed by atoms with Crippen LogP contribution in [0.4, 0.5) is 0 Å². The predicted molar refractivity (Wildman–Crippen MR) is 65.1 cm³/mol. The van der Waals surface area contributed by atoms with E-state index in [1.54, 1.807) is 0 Å². The minimum absolute atomic E-state index is 0.442. The first kappa shape index (κ1) is 13.9. The lowest BCUT2D eigenvalue weighted by Crippen LogP contribution is -1.60. The van der Waals surface area contributed by atoms with E-state index in [0.29, 0.717) is 0 Å². The number of hydrogen-bond acceptors (Lipinski definition) is 0. The molecule has 8 heavy (non-hydrogen) atoms. The molecule has 0 unspecified atom stereocenters. The summed E-state index contributed by atoms with van der Waals surface area (Å²) in [6.45, 7) is 0. The maximum Gasteiger partial charge on any atom is 0.290 e. The van der Waals surface area contributed by atoms with Gasteiger partial charge in [-0.1, -0.05) is 91.8 Å². The monoisotopic (exact) mass is 529 g/mol. The molecule has 0 heterocycles. The quantitative estimate of drug-likeness (QED) is 0.321. The summed E-state index contributed by atoms with van der Waals surface area (Å²) in [5, 5.41) is 0. The van der Waals surface area contributed by atoms with E-state index in [-0.39, 0.29) is 0 Å². The normalized spacial score (nSPS) is 9.00. The van der Waals surface area contributed by atoms with Gasteiger partial charge in [-0.25, -0.2) is 0 Å². The molecule has 0 aromatic carbocycles. The first-order valence-corrected chi connectivity index (χ1v) is 17.7. The highest BCUT2D eigenvalue weighted by atomic mass is 80.0. The molecule has 0 N–H and O–H groups in total. The van der Waals surface area contributed by atoms with E-state index in [9.17, 15) is 0 Å². The van der Waals surface area contributed by atoms with Gasteiger partial charge in [0.25, 0.3) is 9.31 Å². The Morgan fingerprint density at radius 1 is 0.500 bits per heavy atom. The third-order valence-corrected chi connectivity index (χ3v) is 0. The second kappa shape index (κ2) is 10.3. The van der Waals surface area contributed by atoms with Crippen molar-refractivity contribution in [3.05, 3.63) is 0 Å².